The second-order valence-electron chi connectivity index (χ2n) is 7.12. The van der Waals surface area contributed by atoms with Gasteiger partial charge in [-0.1, -0.05) is 24.3 Å². The van der Waals surface area contributed by atoms with Crippen molar-refractivity contribution in [2.75, 3.05) is 31.1 Å². The molecular formula is C23H21N5O. The van der Waals surface area contributed by atoms with Crippen LogP contribution in [0.2, 0.25) is 0 Å². The van der Waals surface area contributed by atoms with Gasteiger partial charge < -0.3 is 9.80 Å². The van der Waals surface area contributed by atoms with Gasteiger partial charge >= 0.3 is 0 Å². The first-order valence-electron chi connectivity index (χ1n) is 9.77. The predicted molar refractivity (Wildman–Crippen MR) is 113 cm³/mol. The molecule has 1 amide bonds. The summed E-state index contributed by atoms with van der Waals surface area (Å²) in [5.41, 5.74) is 3.56. The summed E-state index contributed by atoms with van der Waals surface area (Å²) in [5, 5.41) is 0. The molecule has 1 saturated heterocycles. The summed E-state index contributed by atoms with van der Waals surface area (Å²) in [7, 11) is 0. The first kappa shape index (κ1) is 17.4. The van der Waals surface area contributed by atoms with Crippen molar-refractivity contribution < 1.29 is 4.79 Å². The van der Waals surface area contributed by atoms with Gasteiger partial charge in [-0.05, 0) is 42.5 Å². The zero-order valence-electron chi connectivity index (χ0n) is 16.0. The summed E-state index contributed by atoms with van der Waals surface area (Å²) >= 11 is 0. The Kier molecular flexibility index (Phi) is 4.44. The Morgan fingerprint density at radius 1 is 0.828 bits per heavy atom. The van der Waals surface area contributed by atoms with Crippen molar-refractivity contribution >= 4 is 22.8 Å². The molecule has 6 nitrogen and oxygen atoms in total. The lowest BCUT2D eigenvalue weighted by Gasteiger charge is -2.35. The monoisotopic (exact) mass is 383 g/mol. The highest BCUT2D eigenvalue weighted by atomic mass is 16.2. The van der Waals surface area contributed by atoms with Crippen LogP contribution in [0.5, 0.6) is 0 Å². The predicted octanol–water partition coefficient (Wildman–Crippen LogP) is 3.38. The fraction of sp³-hybridized carbons (Fsp3) is 0.174. The molecule has 0 bridgehead atoms. The minimum Gasteiger partial charge on any atom is -0.353 e. The molecule has 29 heavy (non-hydrogen) atoms. The number of hydrogen-bond donors (Lipinski definition) is 0. The van der Waals surface area contributed by atoms with Gasteiger partial charge in [0.2, 0.25) is 0 Å². The van der Waals surface area contributed by atoms with Crippen molar-refractivity contribution in [1.82, 2.24) is 19.4 Å². The number of carbonyl (C=O) groups is 1. The number of aromatic nitrogens is 3. The van der Waals surface area contributed by atoms with Gasteiger partial charge in [0, 0.05) is 43.6 Å². The number of nitrogens with zero attached hydrogens (tertiary/aromatic N) is 5. The molecule has 1 aliphatic heterocycles. The standard InChI is InChI=1S/C23H21N5O/c29-23(27-14-12-26(13-15-27)22-8-4-5-11-24-22)18-9-10-21-20(16-18)25-17-28(21)19-6-2-1-3-7-19/h1-11,16-17H,12-15H2. The number of para-hydroxylation sites is 1. The topological polar surface area (TPSA) is 54.3 Å². The Bertz CT molecular complexity index is 1130. The third-order valence-corrected chi connectivity index (χ3v) is 5.37. The molecule has 1 aliphatic rings. The van der Waals surface area contributed by atoms with Crippen LogP contribution in [-0.4, -0.2) is 51.5 Å². The van der Waals surface area contributed by atoms with E-state index in [0.717, 1.165) is 35.6 Å². The molecule has 0 saturated carbocycles. The van der Waals surface area contributed by atoms with Gasteiger partial charge in [0.05, 0.1) is 11.0 Å². The van der Waals surface area contributed by atoms with Crippen LogP contribution in [0.1, 0.15) is 10.4 Å². The highest BCUT2D eigenvalue weighted by Crippen LogP contribution is 2.21. The molecule has 0 radical (unpaired) electrons. The number of imidazole rings is 1. The molecule has 3 heterocycles. The number of hydrogen-bond acceptors (Lipinski definition) is 4. The Morgan fingerprint density at radius 3 is 2.38 bits per heavy atom. The van der Waals surface area contributed by atoms with Gasteiger partial charge in [-0.15, -0.1) is 0 Å². The summed E-state index contributed by atoms with van der Waals surface area (Å²) in [4.78, 5) is 26.1. The van der Waals surface area contributed by atoms with Crippen LogP contribution in [0.25, 0.3) is 16.7 Å². The quantitative estimate of drug-likeness (QED) is 0.544. The summed E-state index contributed by atoms with van der Waals surface area (Å²) in [6.45, 7) is 2.94. The van der Waals surface area contributed by atoms with E-state index < -0.39 is 0 Å². The van der Waals surface area contributed by atoms with Crippen molar-refractivity contribution in [2.45, 2.75) is 0 Å². The average molecular weight is 383 g/mol. The maximum absolute atomic E-state index is 13.0. The van der Waals surface area contributed by atoms with E-state index in [1.54, 1.807) is 12.5 Å². The number of benzene rings is 2. The van der Waals surface area contributed by atoms with Gasteiger partial charge in [-0.3, -0.25) is 9.36 Å². The maximum Gasteiger partial charge on any atom is 0.254 e. The number of carbonyl (C=O) groups excluding carboxylic acids is 1. The van der Waals surface area contributed by atoms with E-state index in [9.17, 15) is 4.79 Å². The van der Waals surface area contributed by atoms with Crippen molar-refractivity contribution in [3.8, 4) is 5.69 Å². The smallest absolute Gasteiger partial charge is 0.254 e. The highest BCUT2D eigenvalue weighted by Gasteiger charge is 2.23. The summed E-state index contributed by atoms with van der Waals surface area (Å²) in [5.74, 6) is 1.02. The van der Waals surface area contributed by atoms with E-state index >= 15 is 0 Å². The maximum atomic E-state index is 13.0. The molecule has 0 atom stereocenters. The summed E-state index contributed by atoms with van der Waals surface area (Å²) in [6, 6.07) is 21.8. The number of rotatable bonds is 3. The molecule has 5 rings (SSSR count). The molecule has 4 aromatic rings. The van der Waals surface area contributed by atoms with E-state index in [-0.39, 0.29) is 5.91 Å². The van der Waals surface area contributed by atoms with Gasteiger partial charge in [-0.2, -0.15) is 0 Å². The van der Waals surface area contributed by atoms with Crippen molar-refractivity contribution in [3.63, 3.8) is 0 Å². The summed E-state index contributed by atoms with van der Waals surface area (Å²) in [6.07, 6.45) is 3.61. The van der Waals surface area contributed by atoms with E-state index in [0.29, 0.717) is 18.7 Å². The number of anilines is 1. The first-order chi connectivity index (χ1) is 14.3. The van der Waals surface area contributed by atoms with Crippen LogP contribution in [-0.2, 0) is 0 Å². The second kappa shape index (κ2) is 7.39. The average Bonchev–Trinajstić information content (AvgIpc) is 3.23. The van der Waals surface area contributed by atoms with Crippen LogP contribution < -0.4 is 4.90 Å². The molecule has 6 heteroatoms. The molecule has 2 aromatic carbocycles. The molecule has 0 spiro atoms. The van der Waals surface area contributed by atoms with Crippen LogP contribution in [0.3, 0.4) is 0 Å². The summed E-state index contributed by atoms with van der Waals surface area (Å²) < 4.78 is 2.04. The minimum absolute atomic E-state index is 0.0573. The SMILES string of the molecule is O=C(c1ccc2c(c1)ncn2-c1ccccc1)N1CCN(c2ccccn2)CC1. The Labute approximate surface area is 169 Å². The largest absolute Gasteiger partial charge is 0.353 e. The van der Waals surface area contributed by atoms with E-state index in [1.807, 2.05) is 76.2 Å². The Hall–Kier alpha value is -3.67. The molecule has 0 unspecified atom stereocenters. The van der Waals surface area contributed by atoms with Gasteiger partial charge in [0.25, 0.3) is 5.91 Å². The van der Waals surface area contributed by atoms with Crippen LogP contribution in [0, 0.1) is 0 Å². The first-order valence-corrected chi connectivity index (χ1v) is 9.77. The molecule has 0 N–H and O–H groups in total. The van der Waals surface area contributed by atoms with E-state index in [1.165, 1.54) is 0 Å². The highest BCUT2D eigenvalue weighted by molar-refractivity contribution is 5.97. The van der Waals surface area contributed by atoms with E-state index in [4.69, 9.17) is 0 Å². The van der Waals surface area contributed by atoms with Gasteiger partial charge in [0.15, 0.2) is 0 Å². The number of fused-ring (bicyclic) bond motifs is 1. The molecular weight excluding hydrogens is 362 g/mol. The second-order valence-corrected chi connectivity index (χ2v) is 7.12. The van der Waals surface area contributed by atoms with Crippen molar-refractivity contribution in [2.24, 2.45) is 0 Å². The number of piperazine rings is 1. The molecule has 144 valence electrons. The van der Waals surface area contributed by atoms with Crippen LogP contribution in [0.15, 0.2) is 79.3 Å². The van der Waals surface area contributed by atoms with E-state index in [2.05, 4.69) is 14.9 Å². The number of pyridine rings is 1. The van der Waals surface area contributed by atoms with Crippen molar-refractivity contribution in [1.29, 1.82) is 0 Å². The lowest BCUT2D eigenvalue weighted by Crippen LogP contribution is -2.49. The van der Waals surface area contributed by atoms with Gasteiger partial charge in [-0.25, -0.2) is 9.97 Å². The Balaban J connectivity index is 1.33. The van der Waals surface area contributed by atoms with Crippen LogP contribution in [0.4, 0.5) is 5.82 Å². The lowest BCUT2D eigenvalue weighted by molar-refractivity contribution is 0.0746. The molecule has 1 fully saturated rings. The normalized spacial score (nSPS) is 14.3. The minimum atomic E-state index is 0.0573. The third kappa shape index (κ3) is 3.33. The zero-order valence-corrected chi connectivity index (χ0v) is 16.0. The number of amides is 1. The molecule has 2 aromatic heterocycles. The van der Waals surface area contributed by atoms with Gasteiger partial charge in [0.1, 0.15) is 12.1 Å². The molecule has 0 aliphatic carbocycles. The van der Waals surface area contributed by atoms with Crippen LogP contribution >= 0.6 is 0 Å². The Morgan fingerprint density at radius 2 is 1.62 bits per heavy atom. The lowest BCUT2D eigenvalue weighted by atomic mass is 10.1. The third-order valence-electron chi connectivity index (χ3n) is 5.37. The van der Waals surface area contributed by atoms with Crippen molar-refractivity contribution in [3.05, 3.63) is 84.8 Å². The zero-order chi connectivity index (χ0) is 19.6. The fourth-order valence-corrected chi connectivity index (χ4v) is 3.80. The fourth-order valence-electron chi connectivity index (χ4n) is 3.80.